The Labute approximate surface area is 214 Å². The van der Waals surface area contributed by atoms with E-state index in [-0.39, 0.29) is 49.3 Å². The molecule has 5 rings (SSSR count). The Hall–Kier alpha value is -4.35. The molecule has 0 spiro atoms. The summed E-state index contributed by atoms with van der Waals surface area (Å²) in [5.74, 6) is 6.12. The van der Waals surface area contributed by atoms with Crippen molar-refractivity contribution in [2.24, 2.45) is 0 Å². The van der Waals surface area contributed by atoms with E-state index in [0.717, 1.165) is 22.4 Å². The zero-order valence-corrected chi connectivity index (χ0v) is 20.2. The number of aliphatic hydroxyl groups excluding tert-OH is 1. The first-order valence-electron chi connectivity index (χ1n) is 12.0. The van der Waals surface area contributed by atoms with Crippen LogP contribution in [0.1, 0.15) is 22.6 Å². The number of fused-ring (bicyclic) bond motifs is 1. The maximum absolute atomic E-state index is 14.0. The van der Waals surface area contributed by atoms with Crippen molar-refractivity contribution in [2.45, 2.75) is 18.0 Å². The molecule has 2 aliphatic heterocycles. The predicted molar refractivity (Wildman–Crippen MR) is 137 cm³/mol. The van der Waals surface area contributed by atoms with E-state index in [2.05, 4.69) is 17.2 Å². The second-order valence-electron chi connectivity index (χ2n) is 9.04. The van der Waals surface area contributed by atoms with E-state index in [1.54, 1.807) is 18.1 Å². The van der Waals surface area contributed by atoms with Crippen LogP contribution in [0.25, 0.3) is 0 Å². The number of nitrogens with zero attached hydrogens (tertiary/aromatic N) is 2. The van der Waals surface area contributed by atoms with Crippen LogP contribution >= 0.6 is 0 Å². The van der Waals surface area contributed by atoms with E-state index in [1.807, 2.05) is 48.5 Å². The maximum Gasteiger partial charge on any atom is 0.322 e. The number of hydrogen-bond acceptors (Lipinski definition) is 4. The van der Waals surface area contributed by atoms with Crippen molar-refractivity contribution in [2.75, 3.05) is 32.1 Å². The van der Waals surface area contributed by atoms with Crippen LogP contribution in [-0.4, -0.2) is 65.7 Å². The van der Waals surface area contributed by atoms with Crippen LogP contribution in [0.15, 0.2) is 72.8 Å². The van der Waals surface area contributed by atoms with Gasteiger partial charge in [0, 0.05) is 23.6 Å². The van der Waals surface area contributed by atoms with Gasteiger partial charge in [-0.25, -0.2) is 9.18 Å². The molecule has 0 aliphatic carbocycles. The minimum Gasteiger partial charge on any atom is -0.497 e. The Morgan fingerprint density at radius 3 is 2.32 bits per heavy atom. The lowest BCUT2D eigenvalue weighted by Crippen LogP contribution is -2.73. The van der Waals surface area contributed by atoms with Crippen LogP contribution in [0.4, 0.5) is 14.9 Å². The lowest BCUT2D eigenvalue weighted by Gasteiger charge is -2.58. The number of nitrogens with one attached hydrogen (secondary N) is 1. The van der Waals surface area contributed by atoms with E-state index in [4.69, 9.17) is 4.74 Å². The first-order valence-corrected chi connectivity index (χ1v) is 12.0. The number of urea groups is 1. The van der Waals surface area contributed by atoms with Gasteiger partial charge >= 0.3 is 6.03 Å². The molecule has 0 unspecified atom stereocenters. The summed E-state index contributed by atoms with van der Waals surface area (Å²) in [5.41, 5.74) is 2.72. The SMILES string of the molecule is COc1ccc(C#Cc2ccc([C@@H]3[C@H]4CN(C(=O)Nc5ccccc5F)CC(=O)N4[C@H]3CO)cc2)cc1. The molecule has 2 fully saturated rings. The van der Waals surface area contributed by atoms with E-state index < -0.39 is 11.8 Å². The van der Waals surface area contributed by atoms with Crippen molar-refractivity contribution >= 4 is 17.6 Å². The summed E-state index contributed by atoms with van der Waals surface area (Å²) in [4.78, 5) is 28.7. The van der Waals surface area contributed by atoms with Gasteiger partial charge < -0.3 is 25.0 Å². The summed E-state index contributed by atoms with van der Waals surface area (Å²) in [6.07, 6.45) is 0. The largest absolute Gasteiger partial charge is 0.497 e. The van der Waals surface area contributed by atoms with Gasteiger partial charge in [-0.05, 0) is 54.1 Å². The van der Waals surface area contributed by atoms with Crippen molar-refractivity contribution in [3.8, 4) is 17.6 Å². The number of anilines is 1. The standard InChI is InChI=1S/C29H26FN3O4/c1-37-22-14-10-20(11-15-22)7-6-19-8-12-21(13-9-19)28-25-16-32(17-27(35)33(25)26(28)18-34)29(36)31-24-5-3-2-4-23(24)30/h2-5,8-15,25-26,28,34H,16-18H2,1H3,(H,31,36)/t25-,26+,28-/m1/s1. The van der Waals surface area contributed by atoms with Crippen molar-refractivity contribution in [1.82, 2.24) is 9.80 Å². The number of amides is 3. The number of carbonyl (C=O) groups is 2. The molecule has 2 N–H and O–H groups in total. The highest BCUT2D eigenvalue weighted by Gasteiger charge is 2.54. The van der Waals surface area contributed by atoms with Crippen LogP contribution < -0.4 is 10.1 Å². The highest BCUT2D eigenvalue weighted by atomic mass is 19.1. The van der Waals surface area contributed by atoms with Gasteiger partial charge in [-0.3, -0.25) is 4.79 Å². The van der Waals surface area contributed by atoms with Crippen molar-refractivity contribution in [1.29, 1.82) is 0 Å². The summed E-state index contributed by atoms with van der Waals surface area (Å²) in [6, 6.07) is 20.0. The molecular formula is C29H26FN3O4. The number of piperazine rings is 1. The van der Waals surface area contributed by atoms with Crippen LogP contribution in [0.5, 0.6) is 5.75 Å². The topological polar surface area (TPSA) is 82.1 Å². The quantitative estimate of drug-likeness (QED) is 0.539. The van der Waals surface area contributed by atoms with E-state index in [9.17, 15) is 19.1 Å². The fraction of sp³-hybridized carbons (Fsp3) is 0.241. The van der Waals surface area contributed by atoms with Gasteiger partial charge in [0.05, 0.1) is 31.5 Å². The molecule has 0 radical (unpaired) electrons. The molecule has 0 aromatic heterocycles. The zero-order chi connectivity index (χ0) is 25.9. The number of halogens is 1. The Balaban J connectivity index is 1.30. The summed E-state index contributed by atoms with van der Waals surface area (Å²) in [6.45, 7) is -0.0144. The molecule has 2 saturated heterocycles. The number of hydrogen-bond donors (Lipinski definition) is 2. The highest BCUT2D eigenvalue weighted by Crippen LogP contribution is 2.43. The fourth-order valence-electron chi connectivity index (χ4n) is 5.02. The highest BCUT2D eigenvalue weighted by molar-refractivity contribution is 5.94. The van der Waals surface area contributed by atoms with Crippen LogP contribution in [0, 0.1) is 17.7 Å². The van der Waals surface area contributed by atoms with Crippen LogP contribution in [-0.2, 0) is 4.79 Å². The second kappa shape index (κ2) is 10.3. The lowest BCUT2D eigenvalue weighted by atomic mass is 9.73. The third-order valence-corrected chi connectivity index (χ3v) is 6.89. The third-order valence-electron chi connectivity index (χ3n) is 6.89. The number of aliphatic hydroxyl groups is 1. The number of rotatable bonds is 4. The monoisotopic (exact) mass is 499 g/mol. The molecule has 8 heteroatoms. The van der Waals surface area contributed by atoms with Crippen molar-refractivity contribution in [3.05, 3.63) is 95.3 Å². The Morgan fingerprint density at radius 2 is 1.70 bits per heavy atom. The minimum absolute atomic E-state index is 0.0621. The Bertz CT molecular complexity index is 1360. The van der Waals surface area contributed by atoms with Gasteiger partial charge in [0.2, 0.25) is 5.91 Å². The number of carbonyl (C=O) groups excluding carboxylic acids is 2. The Morgan fingerprint density at radius 1 is 1.05 bits per heavy atom. The molecule has 0 bridgehead atoms. The lowest BCUT2D eigenvalue weighted by molar-refractivity contribution is -0.159. The van der Waals surface area contributed by atoms with Crippen molar-refractivity contribution in [3.63, 3.8) is 0 Å². The zero-order valence-electron chi connectivity index (χ0n) is 20.2. The fourth-order valence-corrected chi connectivity index (χ4v) is 5.02. The average Bonchev–Trinajstić information content (AvgIpc) is 2.91. The van der Waals surface area contributed by atoms with Gasteiger partial charge in [-0.15, -0.1) is 0 Å². The van der Waals surface area contributed by atoms with E-state index >= 15 is 0 Å². The summed E-state index contributed by atoms with van der Waals surface area (Å²) in [5, 5.41) is 12.6. The minimum atomic E-state index is -0.544. The smallest absolute Gasteiger partial charge is 0.322 e. The van der Waals surface area contributed by atoms with Gasteiger partial charge in [-0.1, -0.05) is 36.1 Å². The molecule has 2 heterocycles. The number of ether oxygens (including phenoxy) is 1. The molecule has 188 valence electrons. The van der Waals surface area contributed by atoms with Crippen molar-refractivity contribution < 1.29 is 23.8 Å². The first kappa shape index (κ1) is 24.3. The number of methoxy groups -OCH3 is 1. The van der Waals surface area contributed by atoms with E-state index in [0.29, 0.717) is 0 Å². The summed E-state index contributed by atoms with van der Waals surface area (Å²) < 4.78 is 19.2. The first-order chi connectivity index (χ1) is 18.0. The molecule has 37 heavy (non-hydrogen) atoms. The molecule has 3 atom stereocenters. The molecule has 3 aromatic carbocycles. The number of para-hydroxylation sites is 1. The Kier molecular flexibility index (Phi) is 6.80. The van der Waals surface area contributed by atoms with Gasteiger partial charge in [0.15, 0.2) is 0 Å². The molecule has 3 aromatic rings. The molecule has 7 nitrogen and oxygen atoms in total. The maximum atomic E-state index is 14.0. The van der Waals surface area contributed by atoms with Gasteiger partial charge in [0.1, 0.15) is 18.1 Å². The normalized spacial score (nSPS) is 20.3. The summed E-state index contributed by atoms with van der Waals surface area (Å²) >= 11 is 0. The molecular weight excluding hydrogens is 473 g/mol. The average molecular weight is 500 g/mol. The second-order valence-corrected chi connectivity index (χ2v) is 9.04. The van der Waals surface area contributed by atoms with Gasteiger partial charge in [0.25, 0.3) is 0 Å². The van der Waals surface area contributed by atoms with E-state index in [1.165, 1.54) is 23.1 Å². The summed E-state index contributed by atoms with van der Waals surface area (Å²) in [7, 11) is 1.62. The van der Waals surface area contributed by atoms with Crippen LogP contribution in [0.3, 0.4) is 0 Å². The molecule has 3 amide bonds. The molecule has 2 aliphatic rings. The molecule has 0 saturated carbocycles. The third kappa shape index (κ3) is 4.86. The van der Waals surface area contributed by atoms with Gasteiger partial charge in [-0.2, -0.15) is 0 Å². The number of benzene rings is 3. The predicted octanol–water partition coefficient (Wildman–Crippen LogP) is 3.44. The van der Waals surface area contributed by atoms with Crippen LogP contribution in [0.2, 0.25) is 0 Å².